The average Bonchev–Trinajstić information content (AvgIpc) is 2.35. The van der Waals surface area contributed by atoms with E-state index in [2.05, 4.69) is 26.6 Å². The van der Waals surface area contributed by atoms with Crippen molar-refractivity contribution < 1.29 is 9.18 Å². The molecular weight excluding hydrogens is 335 g/mol. The second-order valence-corrected chi connectivity index (χ2v) is 5.39. The van der Waals surface area contributed by atoms with E-state index in [0.717, 1.165) is 31.5 Å². The molecule has 1 saturated heterocycles. The summed E-state index contributed by atoms with van der Waals surface area (Å²) in [7, 11) is 0. The number of carbonyl (C=O) groups excluding carboxylic acids is 1. The van der Waals surface area contributed by atoms with E-state index in [1.54, 1.807) is 12.1 Å². The van der Waals surface area contributed by atoms with Crippen LogP contribution in [0.15, 0.2) is 22.7 Å². The number of nitrogens with one attached hydrogen (secondary N) is 2. The van der Waals surface area contributed by atoms with E-state index in [1.165, 1.54) is 6.07 Å². The number of rotatable bonds is 3. The summed E-state index contributed by atoms with van der Waals surface area (Å²) in [6.07, 6.45) is 2.40. The van der Waals surface area contributed by atoms with Crippen LogP contribution in [0.1, 0.15) is 18.4 Å². The maximum absolute atomic E-state index is 13.1. The Morgan fingerprint density at radius 1 is 1.53 bits per heavy atom. The maximum atomic E-state index is 13.1. The molecule has 0 bridgehead atoms. The predicted octanol–water partition coefficient (Wildman–Crippen LogP) is 2.42. The van der Waals surface area contributed by atoms with E-state index in [0.29, 0.717) is 4.47 Å². The van der Waals surface area contributed by atoms with Crippen molar-refractivity contribution in [2.24, 2.45) is 0 Å². The molecule has 1 aromatic rings. The van der Waals surface area contributed by atoms with E-state index < -0.39 is 0 Å². The molecule has 2 N–H and O–H groups in total. The highest BCUT2D eigenvalue weighted by Crippen LogP contribution is 2.17. The smallest absolute Gasteiger partial charge is 0.224 e. The molecule has 1 fully saturated rings. The van der Waals surface area contributed by atoms with Gasteiger partial charge in [0.1, 0.15) is 5.82 Å². The molecule has 0 saturated carbocycles. The van der Waals surface area contributed by atoms with Gasteiger partial charge in [-0.3, -0.25) is 4.79 Å². The normalized spacial score (nSPS) is 18.5. The van der Waals surface area contributed by atoms with E-state index in [9.17, 15) is 9.18 Å². The van der Waals surface area contributed by atoms with Gasteiger partial charge in [0, 0.05) is 12.6 Å². The quantitative estimate of drug-likeness (QED) is 0.878. The van der Waals surface area contributed by atoms with Gasteiger partial charge in [-0.05, 0) is 53.0 Å². The van der Waals surface area contributed by atoms with Crippen LogP contribution in [-0.2, 0) is 11.2 Å². The highest BCUT2D eigenvalue weighted by molar-refractivity contribution is 9.10. The minimum atomic E-state index is -0.310. The maximum Gasteiger partial charge on any atom is 0.224 e. The molecule has 0 spiro atoms. The van der Waals surface area contributed by atoms with Crippen molar-refractivity contribution in [1.29, 1.82) is 0 Å². The van der Waals surface area contributed by atoms with Crippen molar-refractivity contribution >= 4 is 34.2 Å². The van der Waals surface area contributed by atoms with E-state index in [1.807, 2.05) is 0 Å². The Kier molecular flexibility index (Phi) is 6.75. The van der Waals surface area contributed by atoms with Gasteiger partial charge in [-0.2, -0.15) is 0 Å². The van der Waals surface area contributed by atoms with Gasteiger partial charge in [-0.1, -0.05) is 6.07 Å². The van der Waals surface area contributed by atoms with Crippen molar-refractivity contribution in [3.8, 4) is 0 Å². The summed E-state index contributed by atoms with van der Waals surface area (Å²) >= 11 is 3.12. The van der Waals surface area contributed by atoms with Crippen molar-refractivity contribution in [3.05, 3.63) is 34.1 Å². The Morgan fingerprint density at radius 2 is 2.32 bits per heavy atom. The van der Waals surface area contributed by atoms with Crippen LogP contribution < -0.4 is 10.6 Å². The lowest BCUT2D eigenvalue weighted by Gasteiger charge is -2.23. The van der Waals surface area contributed by atoms with Gasteiger partial charge in [-0.25, -0.2) is 4.39 Å². The second kappa shape index (κ2) is 7.82. The minimum Gasteiger partial charge on any atom is -0.352 e. The summed E-state index contributed by atoms with van der Waals surface area (Å²) in [5.41, 5.74) is 0.810. The van der Waals surface area contributed by atoms with Gasteiger partial charge in [-0.15, -0.1) is 12.4 Å². The zero-order valence-corrected chi connectivity index (χ0v) is 12.8. The summed E-state index contributed by atoms with van der Waals surface area (Å²) in [6.45, 7) is 1.86. The van der Waals surface area contributed by atoms with Crippen molar-refractivity contribution in [3.63, 3.8) is 0 Å². The first-order valence-corrected chi connectivity index (χ1v) is 6.88. The third-order valence-electron chi connectivity index (χ3n) is 3.01. The molecule has 1 aliphatic rings. The zero-order valence-electron chi connectivity index (χ0n) is 10.4. The van der Waals surface area contributed by atoms with Crippen molar-refractivity contribution in [2.45, 2.75) is 25.3 Å². The third kappa shape index (κ3) is 5.09. The Labute approximate surface area is 126 Å². The van der Waals surface area contributed by atoms with Gasteiger partial charge in [0.15, 0.2) is 0 Å². The number of amides is 1. The summed E-state index contributed by atoms with van der Waals surface area (Å²) in [6, 6.07) is 4.87. The fourth-order valence-electron chi connectivity index (χ4n) is 2.09. The molecular formula is C13H17BrClFN2O. The lowest BCUT2D eigenvalue weighted by molar-refractivity contribution is -0.121. The van der Waals surface area contributed by atoms with Crippen LogP contribution in [0.2, 0.25) is 0 Å². The van der Waals surface area contributed by atoms with Gasteiger partial charge in [0.25, 0.3) is 0 Å². The monoisotopic (exact) mass is 350 g/mol. The Hall–Kier alpha value is -0.650. The summed E-state index contributed by atoms with van der Waals surface area (Å²) in [5.74, 6) is -0.321. The first kappa shape index (κ1) is 16.4. The molecule has 0 radical (unpaired) electrons. The first-order valence-electron chi connectivity index (χ1n) is 6.09. The molecule has 1 heterocycles. The molecule has 3 nitrogen and oxygen atoms in total. The largest absolute Gasteiger partial charge is 0.352 e. The number of hydrogen-bond donors (Lipinski definition) is 2. The van der Waals surface area contributed by atoms with Crippen LogP contribution in [0.5, 0.6) is 0 Å². The van der Waals surface area contributed by atoms with Crippen LogP contribution >= 0.6 is 28.3 Å². The molecule has 2 rings (SSSR count). The summed E-state index contributed by atoms with van der Waals surface area (Å²) in [4.78, 5) is 11.8. The fraction of sp³-hybridized carbons (Fsp3) is 0.462. The molecule has 1 aromatic carbocycles. The number of carbonyl (C=O) groups is 1. The predicted molar refractivity (Wildman–Crippen MR) is 79.1 cm³/mol. The fourth-order valence-corrected chi connectivity index (χ4v) is 2.51. The minimum absolute atomic E-state index is 0. The Bertz CT molecular complexity index is 439. The average molecular weight is 352 g/mol. The van der Waals surface area contributed by atoms with E-state index >= 15 is 0 Å². The van der Waals surface area contributed by atoms with E-state index in [-0.39, 0.29) is 36.6 Å². The number of piperidine rings is 1. The number of hydrogen-bond acceptors (Lipinski definition) is 2. The molecule has 1 unspecified atom stereocenters. The van der Waals surface area contributed by atoms with Gasteiger partial charge < -0.3 is 10.6 Å². The van der Waals surface area contributed by atoms with Crippen molar-refractivity contribution in [1.82, 2.24) is 10.6 Å². The van der Waals surface area contributed by atoms with Crippen molar-refractivity contribution in [2.75, 3.05) is 13.1 Å². The molecule has 0 aromatic heterocycles. The van der Waals surface area contributed by atoms with Crippen LogP contribution in [-0.4, -0.2) is 25.0 Å². The molecule has 1 atom stereocenters. The highest BCUT2D eigenvalue weighted by Gasteiger charge is 2.15. The summed E-state index contributed by atoms with van der Waals surface area (Å²) in [5, 5.41) is 6.24. The van der Waals surface area contributed by atoms with Gasteiger partial charge in [0.05, 0.1) is 10.9 Å². The molecule has 0 aliphatic carbocycles. The van der Waals surface area contributed by atoms with Crippen LogP contribution in [0.3, 0.4) is 0 Å². The molecule has 6 heteroatoms. The second-order valence-electron chi connectivity index (χ2n) is 4.54. The topological polar surface area (TPSA) is 41.1 Å². The van der Waals surface area contributed by atoms with Crippen LogP contribution in [0.25, 0.3) is 0 Å². The molecule has 1 amide bonds. The Morgan fingerprint density at radius 3 is 2.95 bits per heavy atom. The van der Waals surface area contributed by atoms with Crippen LogP contribution in [0, 0.1) is 5.82 Å². The zero-order chi connectivity index (χ0) is 13.0. The molecule has 1 aliphatic heterocycles. The van der Waals surface area contributed by atoms with Crippen LogP contribution in [0.4, 0.5) is 4.39 Å². The number of benzene rings is 1. The van der Waals surface area contributed by atoms with E-state index in [4.69, 9.17) is 0 Å². The highest BCUT2D eigenvalue weighted by atomic mass is 79.9. The molecule has 106 valence electrons. The molecule has 19 heavy (non-hydrogen) atoms. The van der Waals surface area contributed by atoms with Gasteiger partial charge in [0.2, 0.25) is 5.91 Å². The third-order valence-corrected chi connectivity index (χ3v) is 3.62. The standard InChI is InChI=1S/C13H16BrFN2O.ClH/c14-11-6-9(3-4-12(11)15)7-13(18)17-10-2-1-5-16-8-10;/h3-4,6,10,16H,1-2,5,7-8H2,(H,17,18);1H. The SMILES string of the molecule is Cl.O=C(Cc1ccc(F)c(Br)c1)NC1CCCNC1. The Balaban J connectivity index is 0.00000180. The van der Waals surface area contributed by atoms with Gasteiger partial charge >= 0.3 is 0 Å². The number of halogens is 3. The summed E-state index contributed by atoms with van der Waals surface area (Å²) < 4.78 is 13.4. The lowest BCUT2D eigenvalue weighted by atomic mass is 10.1. The lowest BCUT2D eigenvalue weighted by Crippen LogP contribution is -2.46. The first-order chi connectivity index (χ1) is 8.65.